The first-order valence-corrected chi connectivity index (χ1v) is 11.9. The fraction of sp³-hybridized carbons (Fsp3) is 0.545. The predicted molar refractivity (Wildman–Crippen MR) is 134 cm³/mol. The average Bonchev–Trinajstić information content (AvgIpc) is 3.23. The Morgan fingerprint density at radius 3 is 2.60 bits per heavy atom. The number of nitrogen functional groups attached to an aromatic ring is 1. The van der Waals surface area contributed by atoms with Crippen molar-refractivity contribution in [3.8, 4) is 0 Å². The second kappa shape index (κ2) is 10.3. The van der Waals surface area contributed by atoms with Gasteiger partial charge in [-0.3, -0.25) is 28.7 Å². The van der Waals surface area contributed by atoms with E-state index in [-0.39, 0.29) is 30.5 Å². The zero-order valence-corrected chi connectivity index (χ0v) is 20.4. The van der Waals surface area contributed by atoms with Gasteiger partial charge in [-0.2, -0.15) is 5.10 Å². The van der Waals surface area contributed by atoms with E-state index >= 15 is 0 Å². The molecule has 1 aliphatic heterocycles. The summed E-state index contributed by atoms with van der Waals surface area (Å²) < 4.78 is 3.04. The minimum absolute atomic E-state index is 0.0245. The van der Waals surface area contributed by atoms with Crippen molar-refractivity contribution in [1.82, 2.24) is 34.2 Å². The minimum atomic E-state index is -0.649. The predicted octanol–water partition coefficient (Wildman–Crippen LogP) is -0.229. The van der Waals surface area contributed by atoms with Crippen LogP contribution in [0.5, 0.6) is 0 Å². The van der Waals surface area contributed by atoms with Gasteiger partial charge in [-0.1, -0.05) is 13.3 Å². The maximum atomic E-state index is 13.2. The number of carbonyl (C=O) groups is 1. The Morgan fingerprint density at radius 1 is 1.17 bits per heavy atom. The zero-order chi connectivity index (χ0) is 25.1. The number of anilines is 3. The van der Waals surface area contributed by atoms with Crippen LogP contribution in [0.1, 0.15) is 26.7 Å². The van der Waals surface area contributed by atoms with Crippen molar-refractivity contribution in [2.75, 3.05) is 54.8 Å². The van der Waals surface area contributed by atoms with Crippen LogP contribution in [-0.4, -0.2) is 79.4 Å². The molecule has 3 aromatic rings. The number of nitrogens with two attached hydrogens (primary N) is 1. The normalized spacial score (nSPS) is 14.5. The van der Waals surface area contributed by atoms with Crippen molar-refractivity contribution in [2.45, 2.75) is 33.2 Å². The van der Waals surface area contributed by atoms with E-state index in [1.165, 1.54) is 15.8 Å². The number of carbonyl (C=O) groups excluding carboxylic acids is 1. The minimum Gasteiger partial charge on any atom is -0.383 e. The molecule has 35 heavy (non-hydrogen) atoms. The molecule has 1 aliphatic rings. The highest BCUT2D eigenvalue weighted by Crippen LogP contribution is 2.23. The van der Waals surface area contributed by atoms with Crippen LogP contribution >= 0.6 is 0 Å². The summed E-state index contributed by atoms with van der Waals surface area (Å²) in [6, 6.07) is 0. The van der Waals surface area contributed by atoms with Gasteiger partial charge in [0.05, 0.1) is 18.1 Å². The van der Waals surface area contributed by atoms with Gasteiger partial charge in [0.2, 0.25) is 5.91 Å². The number of H-pyrrole nitrogens is 1. The number of unbranched alkanes of at least 4 members (excludes halogenated alkanes) is 1. The molecular weight excluding hydrogens is 452 g/mol. The van der Waals surface area contributed by atoms with E-state index in [1.807, 2.05) is 18.9 Å². The van der Waals surface area contributed by atoms with Crippen LogP contribution in [0.25, 0.3) is 11.0 Å². The van der Waals surface area contributed by atoms with Gasteiger partial charge in [-0.05, 0) is 13.3 Å². The number of aromatic nitrogens is 6. The lowest BCUT2D eigenvalue weighted by Gasteiger charge is -2.36. The highest BCUT2D eigenvalue weighted by molar-refractivity contribution is 5.96. The molecule has 13 nitrogen and oxygen atoms in total. The van der Waals surface area contributed by atoms with Gasteiger partial charge >= 0.3 is 5.69 Å². The molecule has 0 spiro atoms. The molecule has 13 heteroatoms. The lowest BCUT2D eigenvalue weighted by molar-refractivity contribution is -0.119. The Hall–Kier alpha value is -3.74. The first kappa shape index (κ1) is 24.4. The van der Waals surface area contributed by atoms with E-state index < -0.39 is 11.2 Å². The maximum Gasteiger partial charge on any atom is 0.330 e. The molecule has 0 atom stereocenters. The Balaban J connectivity index is 1.46. The van der Waals surface area contributed by atoms with Crippen molar-refractivity contribution in [3.05, 3.63) is 33.4 Å². The van der Waals surface area contributed by atoms with Gasteiger partial charge in [0.25, 0.3) is 5.56 Å². The number of hydrogen-bond acceptors (Lipinski definition) is 9. The van der Waals surface area contributed by atoms with E-state index in [0.717, 1.165) is 29.7 Å². The van der Waals surface area contributed by atoms with Crippen LogP contribution in [0, 0.1) is 0 Å². The molecule has 188 valence electrons. The van der Waals surface area contributed by atoms with Crippen molar-refractivity contribution >= 4 is 34.3 Å². The molecule has 1 fully saturated rings. The van der Waals surface area contributed by atoms with Gasteiger partial charge in [-0.15, -0.1) is 0 Å². The SMILES string of the molecule is CCCCn1c(N)c(N(CC)C(=O)CN2CCN(c3ncnc4c3cnn4C)CC2)c(=O)[nH]c1=O. The molecule has 4 heterocycles. The summed E-state index contributed by atoms with van der Waals surface area (Å²) in [6.45, 7) is 7.23. The Morgan fingerprint density at radius 2 is 1.91 bits per heavy atom. The second-order valence-corrected chi connectivity index (χ2v) is 8.60. The number of nitrogens with zero attached hydrogens (tertiary/aromatic N) is 8. The molecule has 1 saturated heterocycles. The molecule has 1 amide bonds. The summed E-state index contributed by atoms with van der Waals surface area (Å²) in [5.74, 6) is 0.616. The molecule has 0 radical (unpaired) electrons. The standard InChI is InChI=1S/C22H32N10O3/c1-4-6-7-32-18(23)17(21(34)27-22(32)35)31(5-2)16(33)13-29-8-10-30(11-9-29)20-15-12-26-28(3)19(15)24-14-25-20/h12,14H,4-11,13,23H2,1-3H3,(H,27,34,35). The van der Waals surface area contributed by atoms with Crippen LogP contribution in [-0.2, 0) is 18.4 Å². The highest BCUT2D eigenvalue weighted by atomic mass is 16.2. The van der Waals surface area contributed by atoms with Gasteiger partial charge < -0.3 is 15.5 Å². The van der Waals surface area contributed by atoms with Crippen molar-refractivity contribution < 1.29 is 4.79 Å². The third kappa shape index (κ3) is 4.76. The van der Waals surface area contributed by atoms with Crippen LogP contribution < -0.4 is 26.8 Å². The number of likely N-dealkylation sites (N-methyl/N-ethyl adjacent to an activating group) is 1. The fourth-order valence-corrected chi connectivity index (χ4v) is 4.43. The average molecular weight is 485 g/mol. The summed E-state index contributed by atoms with van der Waals surface area (Å²) in [6.07, 6.45) is 4.90. The lowest BCUT2D eigenvalue weighted by Crippen LogP contribution is -2.51. The molecule has 3 N–H and O–H groups in total. The van der Waals surface area contributed by atoms with Crippen LogP contribution in [0.2, 0.25) is 0 Å². The number of piperazine rings is 1. The number of rotatable bonds is 8. The van der Waals surface area contributed by atoms with Crippen molar-refractivity contribution in [2.24, 2.45) is 7.05 Å². The van der Waals surface area contributed by atoms with Crippen LogP contribution in [0.3, 0.4) is 0 Å². The molecule has 0 bridgehead atoms. The number of amides is 1. The Kier molecular flexibility index (Phi) is 7.15. The molecule has 0 unspecified atom stereocenters. The van der Waals surface area contributed by atoms with E-state index in [0.29, 0.717) is 32.7 Å². The third-order valence-electron chi connectivity index (χ3n) is 6.38. The summed E-state index contributed by atoms with van der Waals surface area (Å²) in [7, 11) is 1.84. The summed E-state index contributed by atoms with van der Waals surface area (Å²) in [4.78, 5) is 54.7. The number of nitrogens with one attached hydrogen (secondary N) is 1. The highest BCUT2D eigenvalue weighted by Gasteiger charge is 2.27. The van der Waals surface area contributed by atoms with E-state index in [9.17, 15) is 14.4 Å². The number of hydrogen-bond donors (Lipinski definition) is 2. The Bertz CT molecular complexity index is 1320. The summed E-state index contributed by atoms with van der Waals surface area (Å²) in [5.41, 5.74) is 5.81. The van der Waals surface area contributed by atoms with E-state index in [1.54, 1.807) is 17.8 Å². The van der Waals surface area contributed by atoms with Crippen LogP contribution in [0.15, 0.2) is 22.1 Å². The van der Waals surface area contributed by atoms with Crippen molar-refractivity contribution in [3.63, 3.8) is 0 Å². The van der Waals surface area contributed by atoms with Gasteiger partial charge in [-0.25, -0.2) is 14.8 Å². The van der Waals surface area contributed by atoms with E-state index in [2.05, 4.69) is 25.0 Å². The molecule has 3 aromatic heterocycles. The molecular formula is C22H32N10O3. The van der Waals surface area contributed by atoms with Gasteiger partial charge in [0.1, 0.15) is 18.0 Å². The largest absolute Gasteiger partial charge is 0.383 e. The van der Waals surface area contributed by atoms with E-state index in [4.69, 9.17) is 5.73 Å². The third-order valence-corrected chi connectivity index (χ3v) is 6.38. The summed E-state index contributed by atoms with van der Waals surface area (Å²) >= 11 is 0. The summed E-state index contributed by atoms with van der Waals surface area (Å²) in [5, 5.41) is 5.17. The first-order chi connectivity index (χ1) is 16.8. The molecule has 0 aromatic carbocycles. The Labute approximate surface area is 202 Å². The lowest BCUT2D eigenvalue weighted by atomic mass is 10.2. The first-order valence-electron chi connectivity index (χ1n) is 11.9. The molecule has 0 saturated carbocycles. The molecule has 4 rings (SSSR count). The monoisotopic (exact) mass is 484 g/mol. The van der Waals surface area contributed by atoms with Gasteiger partial charge in [0.15, 0.2) is 11.3 Å². The number of fused-ring (bicyclic) bond motifs is 1. The molecule has 0 aliphatic carbocycles. The van der Waals surface area contributed by atoms with Gasteiger partial charge in [0, 0.05) is 46.3 Å². The number of aromatic amines is 1. The second-order valence-electron chi connectivity index (χ2n) is 8.60. The zero-order valence-electron chi connectivity index (χ0n) is 20.4. The smallest absolute Gasteiger partial charge is 0.330 e. The fourth-order valence-electron chi connectivity index (χ4n) is 4.43. The van der Waals surface area contributed by atoms with Crippen LogP contribution in [0.4, 0.5) is 17.3 Å². The number of aryl methyl sites for hydroxylation is 1. The topological polar surface area (TPSA) is 151 Å². The maximum absolute atomic E-state index is 13.2. The van der Waals surface area contributed by atoms with Crippen molar-refractivity contribution in [1.29, 1.82) is 0 Å². The quantitative estimate of drug-likeness (QED) is 0.442.